The Kier molecular flexibility index (Phi) is 7.73. The molecule has 0 bridgehead atoms. The Morgan fingerprint density at radius 3 is 2.52 bits per heavy atom. The standard InChI is InChI=1S/C17H19Cl2N5O7S2/c18-12-2-1-3-13(19)11(12)6-16-20-23-24(21-16)8-15(25)14(7-17(26)27)22-33(30,31)10-4-5-32(28,29)9-10/h1-3,10,14,22H,4-9H2,(H,26,27). The molecule has 12 nitrogen and oxygen atoms in total. The Labute approximate surface area is 199 Å². The van der Waals surface area contributed by atoms with E-state index in [4.69, 9.17) is 28.3 Å². The van der Waals surface area contributed by atoms with Gasteiger partial charge in [0.25, 0.3) is 0 Å². The summed E-state index contributed by atoms with van der Waals surface area (Å²) in [6.07, 6.45) is -0.855. The number of carbonyl (C=O) groups is 2. The van der Waals surface area contributed by atoms with Gasteiger partial charge in [-0.1, -0.05) is 29.3 Å². The van der Waals surface area contributed by atoms with E-state index in [0.29, 0.717) is 15.6 Å². The van der Waals surface area contributed by atoms with E-state index in [0.717, 1.165) is 4.80 Å². The molecule has 2 heterocycles. The van der Waals surface area contributed by atoms with Crippen LogP contribution in [0.4, 0.5) is 0 Å². The fraction of sp³-hybridized carbons (Fsp3) is 0.471. The highest BCUT2D eigenvalue weighted by Crippen LogP contribution is 2.25. The lowest BCUT2D eigenvalue weighted by molar-refractivity contribution is -0.139. The van der Waals surface area contributed by atoms with Crippen LogP contribution in [0.1, 0.15) is 24.2 Å². The number of ketones is 1. The third-order valence-corrected chi connectivity index (χ3v) is 9.47. The number of carboxylic acid groups (broad SMARTS) is 1. The van der Waals surface area contributed by atoms with Crippen molar-refractivity contribution in [1.29, 1.82) is 0 Å². The molecule has 0 radical (unpaired) electrons. The van der Waals surface area contributed by atoms with Crippen LogP contribution in [-0.2, 0) is 42.4 Å². The minimum atomic E-state index is -4.27. The summed E-state index contributed by atoms with van der Waals surface area (Å²) in [6.45, 7) is -0.563. The predicted molar refractivity (Wildman–Crippen MR) is 117 cm³/mol. The first-order valence-electron chi connectivity index (χ1n) is 9.52. The van der Waals surface area contributed by atoms with Crippen LogP contribution in [0.2, 0.25) is 10.0 Å². The summed E-state index contributed by atoms with van der Waals surface area (Å²) < 4.78 is 50.3. The summed E-state index contributed by atoms with van der Waals surface area (Å²) in [6, 6.07) is 3.30. The minimum Gasteiger partial charge on any atom is -0.481 e. The van der Waals surface area contributed by atoms with E-state index >= 15 is 0 Å². The summed E-state index contributed by atoms with van der Waals surface area (Å²) >= 11 is 12.2. The van der Waals surface area contributed by atoms with Crippen LogP contribution in [0.5, 0.6) is 0 Å². The van der Waals surface area contributed by atoms with Crippen molar-refractivity contribution in [3.63, 3.8) is 0 Å². The van der Waals surface area contributed by atoms with Gasteiger partial charge in [-0.3, -0.25) is 9.59 Å². The van der Waals surface area contributed by atoms with E-state index in [1.54, 1.807) is 18.2 Å². The molecule has 0 aliphatic carbocycles. The zero-order valence-corrected chi connectivity index (χ0v) is 20.0. The number of halogens is 2. The van der Waals surface area contributed by atoms with Crippen molar-refractivity contribution in [1.82, 2.24) is 24.9 Å². The van der Waals surface area contributed by atoms with Crippen LogP contribution < -0.4 is 4.72 Å². The maximum absolute atomic E-state index is 12.7. The van der Waals surface area contributed by atoms with Gasteiger partial charge in [0.1, 0.15) is 6.54 Å². The molecule has 33 heavy (non-hydrogen) atoms. The molecule has 2 unspecified atom stereocenters. The van der Waals surface area contributed by atoms with Gasteiger partial charge in [0.05, 0.1) is 29.2 Å². The van der Waals surface area contributed by atoms with Crippen molar-refractivity contribution in [3.8, 4) is 0 Å². The van der Waals surface area contributed by atoms with E-state index in [9.17, 15) is 26.4 Å². The summed E-state index contributed by atoms with van der Waals surface area (Å²) in [4.78, 5) is 24.7. The van der Waals surface area contributed by atoms with Crippen LogP contribution in [0.3, 0.4) is 0 Å². The first kappa shape index (κ1) is 25.5. The van der Waals surface area contributed by atoms with Gasteiger partial charge in [-0.2, -0.15) is 4.80 Å². The van der Waals surface area contributed by atoms with Crippen molar-refractivity contribution in [2.45, 2.75) is 37.1 Å². The van der Waals surface area contributed by atoms with Gasteiger partial charge in [-0.25, -0.2) is 21.6 Å². The van der Waals surface area contributed by atoms with E-state index in [1.165, 1.54) is 0 Å². The molecule has 180 valence electrons. The molecule has 0 spiro atoms. The third kappa shape index (κ3) is 6.69. The quantitative estimate of drug-likeness (QED) is 0.420. The highest BCUT2D eigenvalue weighted by Gasteiger charge is 2.39. The lowest BCUT2D eigenvalue weighted by Gasteiger charge is -2.18. The molecule has 0 saturated carbocycles. The van der Waals surface area contributed by atoms with Crippen LogP contribution in [0.25, 0.3) is 0 Å². The number of sulfone groups is 1. The summed E-state index contributed by atoms with van der Waals surface area (Å²) in [5, 5.41) is 20.2. The number of aliphatic carboxylic acids is 1. The van der Waals surface area contributed by atoms with Gasteiger partial charge in [0, 0.05) is 16.5 Å². The molecule has 16 heteroatoms. The number of hydrogen-bond acceptors (Lipinski definition) is 9. The Hall–Kier alpha value is -2.13. The first-order valence-corrected chi connectivity index (χ1v) is 13.6. The van der Waals surface area contributed by atoms with E-state index in [1.807, 2.05) is 4.72 Å². The first-order chi connectivity index (χ1) is 15.4. The molecule has 1 fully saturated rings. The lowest BCUT2D eigenvalue weighted by Crippen LogP contribution is -2.47. The van der Waals surface area contributed by atoms with Gasteiger partial charge in [-0.05, 0) is 29.3 Å². The smallest absolute Gasteiger partial charge is 0.305 e. The highest BCUT2D eigenvalue weighted by atomic mass is 35.5. The largest absolute Gasteiger partial charge is 0.481 e. The number of sulfonamides is 1. The molecule has 2 atom stereocenters. The van der Waals surface area contributed by atoms with Crippen molar-refractivity contribution in [2.75, 3.05) is 11.5 Å². The topological polar surface area (TPSA) is 178 Å². The summed E-state index contributed by atoms with van der Waals surface area (Å²) in [5.74, 6) is -2.95. The predicted octanol–water partition coefficient (Wildman–Crippen LogP) is 0.0896. The number of nitrogens with one attached hydrogen (secondary N) is 1. The number of nitrogens with zero attached hydrogens (tertiary/aromatic N) is 4. The molecule has 0 amide bonds. The van der Waals surface area contributed by atoms with Gasteiger partial charge >= 0.3 is 5.97 Å². The van der Waals surface area contributed by atoms with Crippen molar-refractivity contribution >= 4 is 54.8 Å². The maximum Gasteiger partial charge on any atom is 0.305 e. The molecule has 2 N–H and O–H groups in total. The van der Waals surface area contributed by atoms with Crippen molar-refractivity contribution in [2.24, 2.45) is 0 Å². The van der Waals surface area contributed by atoms with Gasteiger partial charge in [0.2, 0.25) is 10.0 Å². The molecule has 1 aliphatic rings. The fourth-order valence-corrected chi connectivity index (χ4v) is 8.01. The average molecular weight is 540 g/mol. The van der Waals surface area contributed by atoms with Crippen molar-refractivity contribution < 1.29 is 31.5 Å². The average Bonchev–Trinajstić information content (AvgIpc) is 3.29. The second kappa shape index (κ2) is 10.0. The molecule has 1 aromatic carbocycles. The number of benzene rings is 1. The third-order valence-electron chi connectivity index (χ3n) is 4.89. The number of tetrazole rings is 1. The molecule has 2 aromatic rings. The van der Waals surface area contributed by atoms with Gasteiger partial charge in [-0.15, -0.1) is 10.2 Å². The number of carboxylic acids is 1. The van der Waals surface area contributed by atoms with Gasteiger partial charge < -0.3 is 5.11 Å². The molecule has 1 saturated heterocycles. The number of carbonyl (C=O) groups excluding carboxylic acids is 1. The van der Waals surface area contributed by atoms with Crippen LogP contribution in [0.15, 0.2) is 18.2 Å². The Bertz CT molecular complexity index is 1260. The second-order valence-corrected chi connectivity index (χ2v) is 12.5. The van der Waals surface area contributed by atoms with E-state index in [2.05, 4.69) is 15.4 Å². The summed E-state index contributed by atoms with van der Waals surface area (Å²) in [5.41, 5.74) is 0.551. The maximum atomic E-state index is 12.7. The fourth-order valence-electron chi connectivity index (χ4n) is 3.22. The SMILES string of the molecule is O=C(O)CC(NS(=O)(=O)C1CCS(=O)(=O)C1)C(=O)Cn1nnc(Cc2c(Cl)cccc2Cl)n1. The van der Waals surface area contributed by atoms with Crippen LogP contribution in [0, 0.1) is 0 Å². The van der Waals surface area contributed by atoms with Crippen LogP contribution >= 0.6 is 23.2 Å². The van der Waals surface area contributed by atoms with Gasteiger partial charge in [0.15, 0.2) is 21.4 Å². The second-order valence-electron chi connectivity index (χ2n) is 7.42. The Morgan fingerprint density at radius 2 is 1.94 bits per heavy atom. The molecule has 1 aliphatic heterocycles. The summed E-state index contributed by atoms with van der Waals surface area (Å²) in [7, 11) is -7.77. The Morgan fingerprint density at radius 1 is 1.27 bits per heavy atom. The molecular weight excluding hydrogens is 521 g/mol. The monoisotopic (exact) mass is 539 g/mol. The lowest BCUT2D eigenvalue weighted by atomic mass is 10.1. The molecular formula is C17H19Cl2N5O7S2. The number of aromatic nitrogens is 4. The molecule has 1 aromatic heterocycles. The minimum absolute atomic E-state index is 0.119. The zero-order chi connectivity index (χ0) is 24.4. The number of hydrogen-bond donors (Lipinski definition) is 2. The van der Waals surface area contributed by atoms with E-state index in [-0.39, 0.29) is 24.4 Å². The number of rotatable bonds is 10. The van der Waals surface area contributed by atoms with Crippen LogP contribution in [-0.4, -0.2) is 76.7 Å². The van der Waals surface area contributed by atoms with Crippen molar-refractivity contribution in [3.05, 3.63) is 39.6 Å². The number of Topliss-reactive ketones (excluding diaryl/α,β-unsaturated/α-hetero) is 1. The Balaban J connectivity index is 1.71. The zero-order valence-electron chi connectivity index (χ0n) is 16.9. The normalized spacial score (nSPS) is 18.8. The molecule has 3 rings (SSSR count). The highest BCUT2D eigenvalue weighted by molar-refractivity contribution is 7.95. The van der Waals surface area contributed by atoms with E-state index < -0.39 is 61.6 Å².